The molecule has 1 aromatic heterocycles. The predicted octanol–water partition coefficient (Wildman–Crippen LogP) is 3.58. The van der Waals surface area contributed by atoms with Crippen LogP contribution < -0.4 is 11.1 Å². The van der Waals surface area contributed by atoms with E-state index >= 15 is 0 Å². The number of aromatic nitrogens is 1. The van der Waals surface area contributed by atoms with Gasteiger partial charge in [0.15, 0.2) is 5.13 Å². The summed E-state index contributed by atoms with van der Waals surface area (Å²) in [5.41, 5.74) is 6.47. The molecule has 118 valence electrons. The van der Waals surface area contributed by atoms with Crippen molar-refractivity contribution in [2.45, 2.75) is 70.9 Å². The van der Waals surface area contributed by atoms with Gasteiger partial charge in [0.2, 0.25) is 0 Å². The maximum absolute atomic E-state index is 11.8. The molecule has 0 bridgehead atoms. The summed E-state index contributed by atoms with van der Waals surface area (Å²) in [6, 6.07) is 0.201. The average molecular weight is 311 g/mol. The van der Waals surface area contributed by atoms with Crippen molar-refractivity contribution >= 4 is 22.6 Å². The van der Waals surface area contributed by atoms with Gasteiger partial charge in [0.1, 0.15) is 5.60 Å². The Bertz CT molecular complexity index is 500. The summed E-state index contributed by atoms with van der Waals surface area (Å²) in [4.78, 5) is 17.4. The molecular weight excluding hydrogens is 286 g/mol. The molecule has 1 aliphatic carbocycles. The van der Waals surface area contributed by atoms with E-state index in [9.17, 15) is 4.79 Å². The van der Waals surface area contributed by atoms with Crippen LogP contribution in [0, 0.1) is 6.92 Å². The summed E-state index contributed by atoms with van der Waals surface area (Å²) in [5, 5.41) is 3.61. The molecule has 1 aromatic rings. The molecule has 2 rings (SSSR count). The molecule has 0 atom stereocenters. The number of rotatable bonds is 2. The third-order valence-corrected chi connectivity index (χ3v) is 4.50. The quantitative estimate of drug-likeness (QED) is 0.875. The van der Waals surface area contributed by atoms with Crippen LogP contribution in [-0.2, 0) is 4.74 Å². The fourth-order valence-electron chi connectivity index (χ4n) is 2.79. The number of nitrogens with one attached hydrogen (secondary N) is 1. The molecule has 0 spiro atoms. The highest BCUT2D eigenvalue weighted by molar-refractivity contribution is 7.15. The normalized spacial score (nSPS) is 22.9. The van der Waals surface area contributed by atoms with Crippen LogP contribution in [0.2, 0.25) is 0 Å². The number of thiazole rings is 1. The van der Waals surface area contributed by atoms with E-state index in [1.807, 2.05) is 20.8 Å². The molecular formula is C15H25N3O2S. The second kappa shape index (κ2) is 6.22. The van der Waals surface area contributed by atoms with Crippen molar-refractivity contribution in [3.63, 3.8) is 0 Å². The number of anilines is 1. The van der Waals surface area contributed by atoms with Crippen molar-refractivity contribution in [3.8, 4) is 0 Å². The van der Waals surface area contributed by atoms with Crippen LogP contribution >= 0.6 is 11.3 Å². The van der Waals surface area contributed by atoms with E-state index in [0.29, 0.717) is 11.0 Å². The predicted molar refractivity (Wildman–Crippen MR) is 85.6 cm³/mol. The Morgan fingerprint density at radius 2 is 1.95 bits per heavy atom. The van der Waals surface area contributed by atoms with Crippen LogP contribution in [0.4, 0.5) is 9.93 Å². The highest BCUT2D eigenvalue weighted by Crippen LogP contribution is 2.36. The number of nitrogens with zero attached hydrogens (tertiary/aromatic N) is 1. The Labute approximate surface area is 130 Å². The highest BCUT2D eigenvalue weighted by atomic mass is 32.1. The zero-order chi connectivity index (χ0) is 15.6. The molecule has 1 saturated carbocycles. The molecule has 0 unspecified atom stereocenters. The summed E-state index contributed by atoms with van der Waals surface area (Å²) < 4.78 is 5.30. The maximum Gasteiger partial charge on any atom is 0.407 e. The topological polar surface area (TPSA) is 77.2 Å². The van der Waals surface area contributed by atoms with E-state index in [1.165, 1.54) is 4.88 Å². The largest absolute Gasteiger partial charge is 0.444 e. The summed E-state index contributed by atoms with van der Waals surface area (Å²) in [6.45, 7) is 7.70. The Kier molecular flexibility index (Phi) is 4.76. The van der Waals surface area contributed by atoms with E-state index < -0.39 is 5.60 Å². The van der Waals surface area contributed by atoms with Crippen molar-refractivity contribution in [3.05, 3.63) is 10.6 Å². The Balaban J connectivity index is 1.83. The smallest absolute Gasteiger partial charge is 0.407 e. The fraction of sp³-hybridized carbons (Fsp3) is 0.733. The number of aryl methyl sites for hydroxylation is 1. The van der Waals surface area contributed by atoms with Crippen molar-refractivity contribution in [1.29, 1.82) is 0 Å². The maximum atomic E-state index is 11.8. The molecule has 0 radical (unpaired) electrons. The standard InChI is InChI=1S/C15H25N3O2S/c1-9-12(18-13(16)21-9)10-5-7-11(8-6-10)17-14(19)20-15(2,3)4/h10-11H,5-8H2,1-4H3,(H2,16,18)(H,17,19). The number of carbonyl (C=O) groups excluding carboxylic acids is 1. The van der Waals surface area contributed by atoms with Crippen LogP contribution in [0.25, 0.3) is 0 Å². The molecule has 1 amide bonds. The number of nitrogens with two attached hydrogens (primary N) is 1. The van der Waals surface area contributed by atoms with Crippen LogP contribution in [-0.4, -0.2) is 22.7 Å². The Hall–Kier alpha value is -1.30. The third-order valence-electron chi connectivity index (χ3n) is 3.68. The first-order chi connectivity index (χ1) is 9.74. The molecule has 0 aromatic carbocycles. The first kappa shape index (κ1) is 16.1. The molecule has 1 fully saturated rings. The molecule has 5 nitrogen and oxygen atoms in total. The summed E-state index contributed by atoms with van der Waals surface area (Å²) in [7, 11) is 0. The van der Waals surface area contributed by atoms with Gasteiger partial charge in [-0.25, -0.2) is 9.78 Å². The second-order valence-electron chi connectivity index (χ2n) is 6.69. The molecule has 21 heavy (non-hydrogen) atoms. The zero-order valence-corrected chi connectivity index (χ0v) is 14.0. The van der Waals surface area contributed by atoms with Crippen LogP contribution in [0.15, 0.2) is 0 Å². The van der Waals surface area contributed by atoms with Crippen LogP contribution in [0.5, 0.6) is 0 Å². The molecule has 3 N–H and O–H groups in total. The van der Waals surface area contributed by atoms with Gasteiger partial charge in [0.25, 0.3) is 0 Å². The lowest BCUT2D eigenvalue weighted by atomic mass is 9.84. The first-order valence-corrected chi connectivity index (χ1v) is 8.28. The lowest BCUT2D eigenvalue weighted by Crippen LogP contribution is -2.40. The number of hydrogen-bond donors (Lipinski definition) is 2. The van der Waals surface area contributed by atoms with Crippen molar-refractivity contribution < 1.29 is 9.53 Å². The van der Waals surface area contributed by atoms with Crippen LogP contribution in [0.3, 0.4) is 0 Å². The van der Waals surface area contributed by atoms with Crippen LogP contribution in [0.1, 0.15) is 62.9 Å². The average Bonchev–Trinajstić information content (AvgIpc) is 2.67. The van der Waals surface area contributed by atoms with E-state index in [2.05, 4.69) is 17.2 Å². The molecule has 0 saturated heterocycles. The SMILES string of the molecule is Cc1sc(N)nc1C1CCC(NC(=O)OC(C)(C)C)CC1. The van der Waals surface area contributed by atoms with Gasteiger partial charge < -0.3 is 15.8 Å². The monoisotopic (exact) mass is 311 g/mol. The number of carbonyl (C=O) groups is 1. The van der Waals surface area contributed by atoms with E-state index in [1.54, 1.807) is 11.3 Å². The molecule has 0 aliphatic heterocycles. The minimum absolute atomic E-state index is 0.201. The van der Waals surface area contributed by atoms with Gasteiger partial charge in [0, 0.05) is 16.8 Å². The van der Waals surface area contributed by atoms with Gasteiger partial charge in [-0.05, 0) is 53.4 Å². The van der Waals surface area contributed by atoms with Gasteiger partial charge in [0.05, 0.1) is 5.69 Å². The third kappa shape index (κ3) is 4.59. The number of hydrogen-bond acceptors (Lipinski definition) is 5. The lowest BCUT2D eigenvalue weighted by molar-refractivity contribution is 0.0491. The molecule has 1 heterocycles. The number of nitrogen functional groups attached to an aromatic ring is 1. The molecule has 1 aliphatic rings. The minimum atomic E-state index is -0.448. The van der Waals surface area contributed by atoms with Crippen molar-refractivity contribution in [2.75, 3.05) is 5.73 Å². The number of alkyl carbamates (subject to hydrolysis) is 1. The first-order valence-electron chi connectivity index (χ1n) is 7.47. The van der Waals surface area contributed by atoms with Gasteiger partial charge in [-0.2, -0.15) is 0 Å². The fourth-order valence-corrected chi connectivity index (χ4v) is 3.57. The summed E-state index contributed by atoms with van der Waals surface area (Å²) in [6.07, 6.45) is 3.66. The Morgan fingerprint density at radius 1 is 1.33 bits per heavy atom. The van der Waals surface area contributed by atoms with Crippen molar-refractivity contribution in [1.82, 2.24) is 10.3 Å². The van der Waals surface area contributed by atoms with E-state index in [4.69, 9.17) is 10.5 Å². The summed E-state index contributed by atoms with van der Waals surface area (Å²) in [5.74, 6) is 0.468. The van der Waals surface area contributed by atoms with Crippen molar-refractivity contribution in [2.24, 2.45) is 0 Å². The zero-order valence-electron chi connectivity index (χ0n) is 13.2. The number of ether oxygens (including phenoxy) is 1. The molecule has 6 heteroatoms. The summed E-state index contributed by atoms with van der Waals surface area (Å²) >= 11 is 1.56. The van der Waals surface area contributed by atoms with E-state index in [0.717, 1.165) is 31.4 Å². The van der Waals surface area contributed by atoms with Gasteiger partial charge in [-0.1, -0.05) is 0 Å². The lowest BCUT2D eigenvalue weighted by Gasteiger charge is -2.29. The second-order valence-corrected chi connectivity index (χ2v) is 7.92. The van der Waals surface area contributed by atoms with Gasteiger partial charge in [-0.15, -0.1) is 11.3 Å². The number of amides is 1. The minimum Gasteiger partial charge on any atom is -0.444 e. The van der Waals surface area contributed by atoms with Gasteiger partial charge in [-0.3, -0.25) is 0 Å². The Morgan fingerprint density at radius 3 is 2.43 bits per heavy atom. The van der Waals surface area contributed by atoms with Gasteiger partial charge >= 0.3 is 6.09 Å². The highest BCUT2D eigenvalue weighted by Gasteiger charge is 2.27. The van der Waals surface area contributed by atoms with E-state index in [-0.39, 0.29) is 12.1 Å².